The Labute approximate surface area is 70.6 Å². The summed E-state index contributed by atoms with van der Waals surface area (Å²) in [6.45, 7) is 0. The Hall–Kier alpha value is -0.480. The van der Waals surface area contributed by atoms with Crippen molar-refractivity contribution in [2.24, 2.45) is 4.36 Å². The van der Waals surface area contributed by atoms with Crippen LogP contribution in [0.15, 0.2) is 33.1 Å². The molecule has 0 atom stereocenters. The summed E-state index contributed by atoms with van der Waals surface area (Å²) in [4.78, 5) is 0. The van der Waals surface area contributed by atoms with E-state index in [2.05, 4.69) is 20.3 Å². The summed E-state index contributed by atoms with van der Waals surface area (Å²) in [7, 11) is 0. The van der Waals surface area contributed by atoms with Gasteiger partial charge >= 0.3 is 0 Å². The third-order valence-electron chi connectivity index (χ3n) is 0.951. The van der Waals surface area contributed by atoms with Gasteiger partial charge in [-0.2, -0.15) is 8.57 Å². The maximum absolute atomic E-state index is 9.95. The van der Waals surface area contributed by atoms with Gasteiger partial charge in [-0.3, -0.25) is 0 Å². The molecule has 0 amide bonds. The van der Waals surface area contributed by atoms with Crippen molar-refractivity contribution in [3.05, 3.63) is 28.7 Å². The molecule has 0 bridgehead atoms. The lowest BCUT2D eigenvalue weighted by Crippen LogP contribution is -1.62. The molecule has 0 fully saturated rings. The van der Waals surface area contributed by atoms with Gasteiger partial charge in [0.05, 0.1) is 5.69 Å². The molecule has 10 heavy (non-hydrogen) atoms. The van der Waals surface area contributed by atoms with E-state index in [0.717, 1.165) is 4.47 Å². The topological polar surface area (TPSA) is 29.4 Å². The van der Waals surface area contributed by atoms with Crippen molar-refractivity contribution in [2.45, 2.75) is 0 Å². The van der Waals surface area contributed by atoms with Crippen molar-refractivity contribution in [3.8, 4) is 0 Å². The average Bonchev–Trinajstić information content (AvgIpc) is 1.88. The minimum atomic E-state index is 0.218. The second-order valence-corrected chi connectivity index (χ2v) is 2.89. The molecule has 0 aliphatic heterocycles. The first-order chi connectivity index (χ1) is 4.83. The normalized spacial score (nSPS) is 8.90. The van der Waals surface area contributed by atoms with E-state index in [0.29, 0.717) is 5.69 Å². The summed E-state index contributed by atoms with van der Waals surface area (Å²) in [5.41, 5.74) is 0.689. The summed E-state index contributed by atoms with van der Waals surface area (Å²) in [6, 6.07) is 7.27. The standard InChI is InChI=1S/C6H4BrNOS/c7-5-2-1-3-6(4-5)8-10-9/h1-4H. The van der Waals surface area contributed by atoms with Crippen molar-refractivity contribution < 1.29 is 4.21 Å². The van der Waals surface area contributed by atoms with E-state index in [-0.39, 0.29) is 11.5 Å². The molecule has 1 rings (SSSR count). The number of benzene rings is 1. The molecule has 4 heteroatoms. The molecule has 0 unspecified atom stereocenters. The number of hydrogen-bond donors (Lipinski definition) is 0. The van der Waals surface area contributed by atoms with Crippen LogP contribution in [-0.2, 0) is 11.5 Å². The van der Waals surface area contributed by atoms with Crippen LogP contribution < -0.4 is 0 Å². The molecule has 0 aliphatic rings. The highest BCUT2D eigenvalue weighted by Crippen LogP contribution is 2.17. The van der Waals surface area contributed by atoms with Gasteiger partial charge in [-0.1, -0.05) is 22.0 Å². The Bertz CT molecular complexity index is 283. The van der Waals surface area contributed by atoms with E-state index in [4.69, 9.17) is 0 Å². The van der Waals surface area contributed by atoms with Gasteiger partial charge in [-0.15, -0.1) is 0 Å². The summed E-state index contributed by atoms with van der Waals surface area (Å²) in [5, 5.41) is 0. The zero-order valence-electron chi connectivity index (χ0n) is 4.95. The number of hydrogen-bond acceptors (Lipinski definition) is 2. The maximum Gasteiger partial charge on any atom is 0.205 e. The number of rotatable bonds is 1. The fraction of sp³-hybridized carbons (Fsp3) is 0. The lowest BCUT2D eigenvalue weighted by atomic mass is 10.3. The molecule has 1 aromatic carbocycles. The van der Waals surface area contributed by atoms with Gasteiger partial charge in [0.2, 0.25) is 11.5 Å². The van der Waals surface area contributed by atoms with E-state index in [1.54, 1.807) is 12.1 Å². The fourth-order valence-corrected chi connectivity index (χ4v) is 1.16. The van der Waals surface area contributed by atoms with Gasteiger partial charge in [-0.25, -0.2) is 0 Å². The highest BCUT2D eigenvalue weighted by atomic mass is 79.9. The van der Waals surface area contributed by atoms with E-state index >= 15 is 0 Å². The summed E-state index contributed by atoms with van der Waals surface area (Å²) < 4.78 is 14.5. The molecule has 0 spiro atoms. The molecule has 1 aromatic rings. The van der Waals surface area contributed by atoms with Gasteiger partial charge < -0.3 is 0 Å². The SMILES string of the molecule is O=S=Nc1cccc(Br)c1. The fourth-order valence-electron chi connectivity index (χ4n) is 0.576. The molecule has 2 nitrogen and oxygen atoms in total. The smallest absolute Gasteiger partial charge is 0.191 e. The number of halogens is 1. The van der Waals surface area contributed by atoms with E-state index < -0.39 is 0 Å². The highest BCUT2D eigenvalue weighted by Gasteiger charge is 1.87. The zero-order valence-corrected chi connectivity index (χ0v) is 7.35. The van der Waals surface area contributed by atoms with Gasteiger partial charge in [0.1, 0.15) is 0 Å². The van der Waals surface area contributed by atoms with Crippen molar-refractivity contribution in [1.29, 1.82) is 0 Å². The quantitative estimate of drug-likeness (QED) is 0.711. The lowest BCUT2D eigenvalue weighted by Gasteiger charge is -1.88. The Morgan fingerprint density at radius 2 is 2.30 bits per heavy atom. The van der Waals surface area contributed by atoms with E-state index in [1.807, 2.05) is 12.1 Å². The monoisotopic (exact) mass is 217 g/mol. The molecule has 0 heterocycles. The molecule has 0 saturated heterocycles. The van der Waals surface area contributed by atoms with Crippen molar-refractivity contribution in [1.82, 2.24) is 0 Å². The number of nitrogens with zero attached hydrogens (tertiary/aromatic N) is 1. The predicted molar refractivity (Wildman–Crippen MR) is 44.4 cm³/mol. The third kappa shape index (κ3) is 2.04. The van der Waals surface area contributed by atoms with Crippen LogP contribution in [0, 0.1) is 0 Å². The molecular formula is C6H4BrNOS. The Morgan fingerprint density at radius 3 is 2.90 bits per heavy atom. The Balaban J connectivity index is 3.06. The highest BCUT2D eigenvalue weighted by molar-refractivity contribution is 9.10. The van der Waals surface area contributed by atoms with Crippen molar-refractivity contribution >= 4 is 33.1 Å². The van der Waals surface area contributed by atoms with Gasteiger partial charge in [0, 0.05) is 4.47 Å². The second kappa shape index (κ2) is 3.63. The van der Waals surface area contributed by atoms with E-state index in [9.17, 15) is 4.21 Å². The van der Waals surface area contributed by atoms with Crippen LogP contribution in [0.3, 0.4) is 0 Å². The molecule has 0 radical (unpaired) electrons. The van der Waals surface area contributed by atoms with Crippen LogP contribution in [0.2, 0.25) is 0 Å². The van der Waals surface area contributed by atoms with Gasteiger partial charge in [0.15, 0.2) is 0 Å². The van der Waals surface area contributed by atoms with Crippen LogP contribution in [0.4, 0.5) is 5.69 Å². The van der Waals surface area contributed by atoms with Crippen LogP contribution >= 0.6 is 15.9 Å². The lowest BCUT2D eigenvalue weighted by molar-refractivity contribution is 0.698. The minimum absolute atomic E-state index is 0.218. The van der Waals surface area contributed by atoms with Gasteiger partial charge in [-0.05, 0) is 18.2 Å². The molecule has 52 valence electrons. The summed E-state index contributed by atoms with van der Waals surface area (Å²) in [5.74, 6) is 0. The zero-order chi connectivity index (χ0) is 7.40. The molecular weight excluding hydrogens is 214 g/mol. The summed E-state index contributed by atoms with van der Waals surface area (Å²) >= 11 is 3.48. The molecule has 0 aromatic heterocycles. The first kappa shape index (κ1) is 7.63. The summed E-state index contributed by atoms with van der Waals surface area (Å²) in [6.07, 6.45) is 0. The van der Waals surface area contributed by atoms with Crippen molar-refractivity contribution in [3.63, 3.8) is 0 Å². The first-order valence-corrected chi connectivity index (χ1v) is 4.07. The predicted octanol–water partition coefficient (Wildman–Crippen LogP) is 2.48. The first-order valence-electron chi connectivity index (χ1n) is 2.58. The third-order valence-corrected chi connectivity index (χ3v) is 1.73. The Kier molecular flexibility index (Phi) is 2.77. The molecule has 0 N–H and O–H groups in total. The molecule has 0 saturated carbocycles. The van der Waals surface area contributed by atoms with Crippen LogP contribution in [0.25, 0.3) is 0 Å². The van der Waals surface area contributed by atoms with Gasteiger partial charge in [0.25, 0.3) is 0 Å². The minimum Gasteiger partial charge on any atom is -0.191 e. The maximum atomic E-state index is 9.95. The molecule has 0 aliphatic carbocycles. The van der Waals surface area contributed by atoms with Crippen molar-refractivity contribution in [2.75, 3.05) is 0 Å². The largest absolute Gasteiger partial charge is 0.205 e. The Morgan fingerprint density at radius 1 is 1.50 bits per heavy atom. The van der Waals surface area contributed by atoms with E-state index in [1.165, 1.54) is 0 Å². The van der Waals surface area contributed by atoms with Crippen LogP contribution in [-0.4, -0.2) is 4.21 Å². The van der Waals surface area contributed by atoms with Crippen LogP contribution in [0.5, 0.6) is 0 Å². The second-order valence-electron chi connectivity index (χ2n) is 1.65. The van der Waals surface area contributed by atoms with Crippen LogP contribution in [0.1, 0.15) is 0 Å². The average molecular weight is 218 g/mol.